The molecule has 0 amide bonds. The van der Waals surface area contributed by atoms with E-state index in [0.29, 0.717) is 18.7 Å². The summed E-state index contributed by atoms with van der Waals surface area (Å²) in [7, 11) is -2.04. The molecule has 0 saturated heterocycles. The van der Waals surface area contributed by atoms with Crippen molar-refractivity contribution in [3.63, 3.8) is 0 Å². The molecule has 0 saturated carbocycles. The molecule has 1 aromatic carbocycles. The van der Waals surface area contributed by atoms with E-state index in [9.17, 15) is 13.2 Å². The van der Waals surface area contributed by atoms with Crippen molar-refractivity contribution >= 4 is 8.32 Å². The Labute approximate surface area is 94.4 Å². The summed E-state index contributed by atoms with van der Waals surface area (Å²) in [6.45, 7) is 6.23. The minimum atomic E-state index is -2.04. The highest BCUT2D eigenvalue weighted by Gasteiger charge is 2.24. The Balaban J connectivity index is 2.93. The summed E-state index contributed by atoms with van der Waals surface area (Å²) in [5.41, 5.74) is 0.184. The summed E-state index contributed by atoms with van der Waals surface area (Å²) >= 11 is 0. The van der Waals surface area contributed by atoms with E-state index in [2.05, 4.69) is 0 Å². The Kier molecular flexibility index (Phi) is 4.15. The van der Waals surface area contributed by atoms with E-state index < -0.39 is 25.8 Å². The first kappa shape index (κ1) is 13.3. The standard InChI is InChI=1S/C11H15F3OSi/c1-4-15-16(2,3)7-8-5-10(13)11(14)6-9(8)12/h5-6H,4,7H2,1-3H3. The number of halogens is 3. The minimum absolute atomic E-state index is 0.184. The van der Waals surface area contributed by atoms with Crippen LogP contribution in [-0.2, 0) is 10.5 Å². The summed E-state index contributed by atoms with van der Waals surface area (Å²) < 4.78 is 44.5. The Morgan fingerprint density at radius 3 is 2.19 bits per heavy atom. The molecule has 1 nitrogen and oxygen atoms in total. The molecule has 0 aliphatic carbocycles. The van der Waals surface area contributed by atoms with Gasteiger partial charge < -0.3 is 4.43 Å². The minimum Gasteiger partial charge on any atom is -0.417 e. The molecule has 1 aromatic rings. The highest BCUT2D eigenvalue weighted by Crippen LogP contribution is 2.19. The lowest BCUT2D eigenvalue weighted by Gasteiger charge is -2.22. The number of hydrogen-bond acceptors (Lipinski definition) is 1. The fraction of sp³-hybridized carbons (Fsp3) is 0.455. The van der Waals surface area contributed by atoms with E-state index in [-0.39, 0.29) is 5.56 Å². The normalized spacial score (nSPS) is 11.9. The lowest BCUT2D eigenvalue weighted by molar-refractivity contribution is 0.328. The molecule has 1 rings (SSSR count). The summed E-state index contributed by atoms with van der Waals surface area (Å²) in [4.78, 5) is 0. The second-order valence-corrected chi connectivity index (χ2v) is 8.39. The fourth-order valence-corrected chi connectivity index (χ4v) is 3.67. The van der Waals surface area contributed by atoms with Crippen LogP contribution in [-0.4, -0.2) is 14.9 Å². The molecule has 0 aliphatic rings. The van der Waals surface area contributed by atoms with Gasteiger partial charge in [-0.1, -0.05) is 0 Å². The van der Waals surface area contributed by atoms with Crippen LogP contribution in [0.1, 0.15) is 12.5 Å². The maximum atomic E-state index is 13.4. The van der Waals surface area contributed by atoms with Crippen LogP contribution >= 0.6 is 0 Å². The Hall–Kier alpha value is -0.813. The molecule has 0 fully saturated rings. The van der Waals surface area contributed by atoms with Crippen LogP contribution in [0, 0.1) is 17.5 Å². The largest absolute Gasteiger partial charge is 0.417 e. The summed E-state index contributed by atoms with van der Waals surface area (Å²) in [5.74, 6) is -2.88. The highest BCUT2D eigenvalue weighted by molar-refractivity contribution is 6.70. The van der Waals surface area contributed by atoms with E-state index in [0.717, 1.165) is 6.07 Å². The third-order valence-corrected chi connectivity index (χ3v) is 4.54. The zero-order valence-corrected chi connectivity index (χ0v) is 10.6. The Morgan fingerprint density at radius 1 is 1.06 bits per heavy atom. The van der Waals surface area contributed by atoms with Gasteiger partial charge in [0.15, 0.2) is 20.0 Å². The second-order valence-electron chi connectivity index (χ2n) is 4.23. The number of hydrogen-bond donors (Lipinski definition) is 0. The van der Waals surface area contributed by atoms with Gasteiger partial charge in [-0.3, -0.25) is 0 Å². The van der Waals surface area contributed by atoms with Crippen LogP contribution in [0.2, 0.25) is 13.1 Å². The van der Waals surface area contributed by atoms with Gasteiger partial charge in [-0.15, -0.1) is 0 Å². The maximum Gasteiger partial charge on any atom is 0.191 e. The van der Waals surface area contributed by atoms with Gasteiger partial charge in [0, 0.05) is 12.7 Å². The fourth-order valence-electron chi connectivity index (χ4n) is 1.60. The van der Waals surface area contributed by atoms with Crippen molar-refractivity contribution in [3.8, 4) is 0 Å². The van der Waals surface area contributed by atoms with Crippen molar-refractivity contribution in [2.75, 3.05) is 6.61 Å². The summed E-state index contributed by atoms with van der Waals surface area (Å²) in [6.07, 6.45) is 0. The zero-order chi connectivity index (χ0) is 12.3. The van der Waals surface area contributed by atoms with Crippen LogP contribution in [0.5, 0.6) is 0 Å². The van der Waals surface area contributed by atoms with Gasteiger partial charge in [0.05, 0.1) is 0 Å². The van der Waals surface area contributed by atoms with E-state index in [1.54, 1.807) is 0 Å². The third kappa shape index (κ3) is 3.35. The Bertz CT molecular complexity index is 380. The quantitative estimate of drug-likeness (QED) is 0.586. The molecule has 0 aromatic heterocycles. The van der Waals surface area contributed by atoms with Gasteiger partial charge in [0.1, 0.15) is 5.82 Å². The molecular weight excluding hydrogens is 233 g/mol. The van der Waals surface area contributed by atoms with Gasteiger partial charge in [-0.2, -0.15) is 0 Å². The first-order valence-electron chi connectivity index (χ1n) is 5.13. The van der Waals surface area contributed by atoms with Gasteiger partial charge in [-0.05, 0) is 37.7 Å². The average molecular weight is 248 g/mol. The van der Waals surface area contributed by atoms with Crippen molar-refractivity contribution in [1.29, 1.82) is 0 Å². The van der Waals surface area contributed by atoms with Crippen molar-refractivity contribution in [2.24, 2.45) is 0 Å². The number of benzene rings is 1. The second kappa shape index (κ2) is 5.01. The van der Waals surface area contributed by atoms with Crippen molar-refractivity contribution < 1.29 is 17.6 Å². The van der Waals surface area contributed by atoms with Crippen LogP contribution in [0.25, 0.3) is 0 Å². The van der Waals surface area contributed by atoms with Crippen LogP contribution in [0.3, 0.4) is 0 Å². The molecule has 0 atom stereocenters. The average Bonchev–Trinajstić information content (AvgIpc) is 2.13. The molecule has 0 N–H and O–H groups in total. The van der Waals surface area contributed by atoms with Crippen molar-refractivity contribution in [2.45, 2.75) is 26.1 Å². The van der Waals surface area contributed by atoms with E-state index in [1.807, 2.05) is 20.0 Å². The van der Waals surface area contributed by atoms with Gasteiger partial charge in [0.2, 0.25) is 0 Å². The highest BCUT2D eigenvalue weighted by atomic mass is 28.4. The van der Waals surface area contributed by atoms with E-state index in [1.165, 1.54) is 0 Å². The van der Waals surface area contributed by atoms with Crippen LogP contribution in [0.4, 0.5) is 13.2 Å². The van der Waals surface area contributed by atoms with E-state index in [4.69, 9.17) is 4.43 Å². The molecule has 0 aliphatic heterocycles. The van der Waals surface area contributed by atoms with Gasteiger partial charge in [-0.25, -0.2) is 13.2 Å². The Morgan fingerprint density at radius 2 is 1.62 bits per heavy atom. The molecule has 0 spiro atoms. The first-order valence-corrected chi connectivity index (χ1v) is 8.24. The molecule has 5 heteroatoms. The maximum absolute atomic E-state index is 13.4. The lowest BCUT2D eigenvalue weighted by atomic mass is 10.2. The molecule has 0 heterocycles. The smallest absolute Gasteiger partial charge is 0.191 e. The molecular formula is C11H15F3OSi. The van der Waals surface area contributed by atoms with Crippen molar-refractivity contribution in [3.05, 3.63) is 35.1 Å². The van der Waals surface area contributed by atoms with Crippen LogP contribution < -0.4 is 0 Å². The lowest BCUT2D eigenvalue weighted by Crippen LogP contribution is -2.34. The van der Waals surface area contributed by atoms with Crippen molar-refractivity contribution in [1.82, 2.24) is 0 Å². The molecule has 0 radical (unpaired) electrons. The first-order chi connectivity index (χ1) is 7.35. The monoisotopic (exact) mass is 248 g/mol. The molecule has 0 bridgehead atoms. The molecule has 0 unspecified atom stereocenters. The predicted molar refractivity (Wildman–Crippen MR) is 59.1 cm³/mol. The van der Waals surface area contributed by atoms with E-state index >= 15 is 0 Å². The summed E-state index contributed by atoms with van der Waals surface area (Å²) in [6, 6.07) is 1.84. The zero-order valence-electron chi connectivity index (χ0n) is 9.61. The SMILES string of the molecule is CCO[Si](C)(C)Cc1cc(F)c(F)cc1F. The van der Waals surface area contributed by atoms with Gasteiger partial charge in [0.25, 0.3) is 0 Å². The van der Waals surface area contributed by atoms with Crippen LogP contribution in [0.15, 0.2) is 12.1 Å². The molecule has 90 valence electrons. The third-order valence-electron chi connectivity index (χ3n) is 2.24. The number of rotatable bonds is 4. The molecule has 16 heavy (non-hydrogen) atoms. The summed E-state index contributed by atoms with van der Waals surface area (Å²) in [5, 5.41) is 0. The predicted octanol–water partition coefficient (Wildman–Crippen LogP) is 3.43. The topological polar surface area (TPSA) is 9.23 Å². The van der Waals surface area contributed by atoms with Gasteiger partial charge >= 0.3 is 0 Å².